The van der Waals surface area contributed by atoms with Crippen LogP contribution < -0.4 is 11.1 Å². The summed E-state index contributed by atoms with van der Waals surface area (Å²) in [7, 11) is 0. The van der Waals surface area contributed by atoms with Gasteiger partial charge in [0.2, 0.25) is 0 Å². The second-order valence-corrected chi connectivity index (χ2v) is 18.1. The van der Waals surface area contributed by atoms with Crippen molar-refractivity contribution in [1.82, 2.24) is 10.2 Å². The van der Waals surface area contributed by atoms with Crippen LogP contribution in [-0.4, -0.2) is 58.3 Å². The van der Waals surface area contributed by atoms with E-state index in [9.17, 15) is 24.6 Å². The molecule has 9 atom stereocenters. The van der Waals surface area contributed by atoms with Gasteiger partial charge < -0.3 is 26.2 Å². The van der Waals surface area contributed by atoms with E-state index in [0.717, 1.165) is 50.5 Å². The zero-order valence-corrected chi connectivity index (χ0v) is 31.3. The van der Waals surface area contributed by atoms with Crippen LogP contribution in [0.15, 0.2) is 42.5 Å². The Hall–Kier alpha value is -3.13. The lowest BCUT2D eigenvalue weighted by molar-refractivity contribution is -0.218. The Bertz CT molecular complexity index is 1570. The molecule has 0 saturated heterocycles. The Morgan fingerprint density at radius 1 is 0.900 bits per heavy atom. The molecule has 0 spiro atoms. The fourth-order valence-corrected chi connectivity index (χ4v) is 13.2. The summed E-state index contributed by atoms with van der Waals surface area (Å²) < 4.78 is 0. The molecule has 50 heavy (non-hydrogen) atoms. The lowest BCUT2D eigenvalue weighted by Gasteiger charge is -2.72. The van der Waals surface area contributed by atoms with Crippen LogP contribution in [-0.2, 0) is 4.79 Å². The minimum atomic E-state index is -0.914. The molecule has 6 rings (SSSR count). The summed E-state index contributed by atoms with van der Waals surface area (Å²) in [6.45, 7) is 20.1. The van der Waals surface area contributed by atoms with Gasteiger partial charge in [-0.3, -0.25) is 4.79 Å². The number of benzene rings is 1. The number of carboxylic acids is 2. The van der Waals surface area contributed by atoms with E-state index in [1.54, 1.807) is 17.0 Å². The van der Waals surface area contributed by atoms with Crippen molar-refractivity contribution in [2.24, 2.45) is 57.0 Å². The fourth-order valence-electron chi connectivity index (χ4n) is 13.2. The number of nitrogens with one attached hydrogen (secondary N) is 1. The van der Waals surface area contributed by atoms with Crippen LogP contribution in [0.3, 0.4) is 0 Å². The van der Waals surface area contributed by atoms with E-state index in [1.807, 2.05) is 12.1 Å². The Kier molecular flexibility index (Phi) is 9.40. The average molecular weight is 688 g/mol. The molecule has 0 radical (unpaired) electrons. The molecule has 0 aliphatic heterocycles. The minimum Gasteiger partial charge on any atom is -0.481 e. The number of amides is 2. The number of carbonyl (C=O) groups excluding carboxylic acids is 1. The highest BCUT2D eigenvalue weighted by Crippen LogP contribution is 2.76. The second-order valence-electron chi connectivity index (χ2n) is 18.1. The molecule has 274 valence electrons. The van der Waals surface area contributed by atoms with Crippen molar-refractivity contribution in [3.8, 4) is 0 Å². The summed E-state index contributed by atoms with van der Waals surface area (Å²) in [5, 5.41) is 22.4. The first kappa shape index (κ1) is 36.7. The van der Waals surface area contributed by atoms with Gasteiger partial charge in [-0.25, -0.2) is 9.59 Å². The molecule has 0 bridgehead atoms. The number of aromatic carboxylic acids is 1. The molecule has 8 heteroatoms. The second kappa shape index (κ2) is 12.8. The van der Waals surface area contributed by atoms with Gasteiger partial charge in [0.25, 0.3) is 0 Å². The molecule has 0 heterocycles. The van der Waals surface area contributed by atoms with Crippen molar-refractivity contribution in [3.63, 3.8) is 0 Å². The molecule has 1 aromatic rings. The van der Waals surface area contributed by atoms with Gasteiger partial charge in [0.15, 0.2) is 0 Å². The van der Waals surface area contributed by atoms with Crippen molar-refractivity contribution < 1.29 is 24.6 Å². The maximum Gasteiger partial charge on any atom is 0.335 e. The number of nitrogens with two attached hydrogens (primary N) is 1. The van der Waals surface area contributed by atoms with Gasteiger partial charge in [-0.2, -0.15) is 0 Å². The monoisotopic (exact) mass is 687 g/mol. The highest BCUT2D eigenvalue weighted by Gasteiger charge is 2.70. The first-order valence-electron chi connectivity index (χ1n) is 19.1. The predicted molar refractivity (Wildman–Crippen MR) is 197 cm³/mol. The number of carboxylic acid groups (broad SMARTS) is 2. The van der Waals surface area contributed by atoms with E-state index in [1.165, 1.54) is 24.0 Å². The Labute approximate surface area is 299 Å². The Morgan fingerprint density at radius 3 is 2.22 bits per heavy atom. The third-order valence-electron chi connectivity index (χ3n) is 15.7. The summed E-state index contributed by atoms with van der Waals surface area (Å²) in [6.07, 6.45) is 12.0. The van der Waals surface area contributed by atoms with Crippen LogP contribution in [0, 0.1) is 51.2 Å². The van der Waals surface area contributed by atoms with Gasteiger partial charge in [0.1, 0.15) is 0 Å². The number of fused-ring (bicyclic) bond motifs is 7. The molecule has 5 N–H and O–H groups in total. The van der Waals surface area contributed by atoms with E-state index >= 15 is 0 Å². The van der Waals surface area contributed by atoms with E-state index in [4.69, 9.17) is 5.73 Å². The lowest BCUT2D eigenvalue weighted by atomic mass is 9.33. The molecule has 8 nitrogen and oxygen atoms in total. The van der Waals surface area contributed by atoms with E-state index in [2.05, 4.69) is 59.5 Å². The van der Waals surface area contributed by atoms with Crippen LogP contribution in [0.4, 0.5) is 4.79 Å². The number of rotatable bonds is 9. The zero-order chi connectivity index (χ0) is 36.4. The SMILES string of the molecule is C=C(C)C1CCC2(NC(=O)N(CCN)CCC(=O)O)CCC3(C)C(CCC4C5(C)CC=C(c6ccc(C(=O)O)cc6)C(C)(C)C5CCC43C)C12. The molecule has 1 aromatic carbocycles. The Morgan fingerprint density at radius 2 is 1.60 bits per heavy atom. The number of hydrogen-bond acceptors (Lipinski definition) is 4. The first-order valence-corrected chi connectivity index (χ1v) is 19.1. The molecule has 0 aromatic heterocycles. The highest BCUT2D eigenvalue weighted by atomic mass is 16.4. The summed E-state index contributed by atoms with van der Waals surface area (Å²) in [5.74, 6) is 0.389. The van der Waals surface area contributed by atoms with Gasteiger partial charge in [-0.15, -0.1) is 0 Å². The average Bonchev–Trinajstić information content (AvgIpc) is 3.42. The number of hydrogen-bond donors (Lipinski definition) is 4. The fraction of sp³-hybridized carbons (Fsp3) is 0.690. The molecule has 5 aliphatic carbocycles. The van der Waals surface area contributed by atoms with Crippen LogP contribution in [0.5, 0.6) is 0 Å². The molecule has 2 amide bonds. The number of urea groups is 1. The standard InChI is InChI=1S/C42H61N3O5/c1-26(2)29-14-20-42(44-37(50)45(25-23-43)24-17-34(46)47)22-21-40(6)31(35(29)42)12-13-33-39(5)18-15-30(27-8-10-28(11-9-27)36(48)49)38(3,4)32(39)16-19-41(33,40)7/h8-11,15,29,31-33,35H,1,12-14,16-25,43H2,2-7H3,(H,44,50)(H,46,47)(H,48,49). The lowest BCUT2D eigenvalue weighted by Crippen LogP contribution is -2.69. The number of carbonyl (C=O) groups is 3. The third kappa shape index (κ3) is 5.54. The van der Waals surface area contributed by atoms with Crippen molar-refractivity contribution >= 4 is 23.5 Å². The number of nitrogens with zero attached hydrogens (tertiary/aromatic N) is 1. The molecular formula is C42H61N3O5. The van der Waals surface area contributed by atoms with Gasteiger partial charge in [-0.1, -0.05) is 65.0 Å². The number of allylic oxidation sites excluding steroid dienone is 3. The summed E-state index contributed by atoms with van der Waals surface area (Å²) >= 11 is 0. The van der Waals surface area contributed by atoms with Gasteiger partial charge in [0.05, 0.1) is 12.0 Å². The maximum atomic E-state index is 13.9. The summed E-state index contributed by atoms with van der Waals surface area (Å²) in [5.41, 5.74) is 9.94. The topological polar surface area (TPSA) is 133 Å². The first-order chi connectivity index (χ1) is 23.4. The molecule has 9 unspecified atom stereocenters. The Balaban J connectivity index is 1.31. The van der Waals surface area contributed by atoms with Gasteiger partial charge >= 0.3 is 18.0 Å². The van der Waals surface area contributed by atoms with Crippen LogP contribution in [0.25, 0.3) is 5.57 Å². The van der Waals surface area contributed by atoms with Crippen molar-refractivity contribution in [2.45, 2.75) is 111 Å². The highest BCUT2D eigenvalue weighted by molar-refractivity contribution is 5.88. The van der Waals surface area contributed by atoms with Crippen molar-refractivity contribution in [1.29, 1.82) is 0 Å². The largest absolute Gasteiger partial charge is 0.481 e. The van der Waals surface area contributed by atoms with Crippen molar-refractivity contribution in [3.05, 3.63) is 53.6 Å². The smallest absolute Gasteiger partial charge is 0.335 e. The molecule has 4 fully saturated rings. The predicted octanol–water partition coefficient (Wildman–Crippen LogP) is 8.23. The normalized spacial score (nSPS) is 38.4. The van der Waals surface area contributed by atoms with E-state index in [-0.39, 0.29) is 46.2 Å². The van der Waals surface area contributed by atoms with Crippen LogP contribution >= 0.6 is 0 Å². The number of aliphatic carboxylic acids is 1. The summed E-state index contributed by atoms with van der Waals surface area (Å²) in [6, 6.07) is 7.28. The van der Waals surface area contributed by atoms with Crippen LogP contribution in [0.2, 0.25) is 0 Å². The third-order valence-corrected chi connectivity index (χ3v) is 15.7. The van der Waals surface area contributed by atoms with Crippen molar-refractivity contribution in [2.75, 3.05) is 19.6 Å². The van der Waals surface area contributed by atoms with Gasteiger partial charge in [0, 0.05) is 25.2 Å². The molecule has 5 aliphatic rings. The molecule has 4 saturated carbocycles. The minimum absolute atomic E-state index is 0.0463. The van der Waals surface area contributed by atoms with Gasteiger partial charge in [-0.05, 0) is 139 Å². The summed E-state index contributed by atoms with van der Waals surface area (Å²) in [4.78, 5) is 38.5. The van der Waals surface area contributed by atoms with E-state index in [0.29, 0.717) is 48.2 Å². The molecular weight excluding hydrogens is 626 g/mol. The quantitative estimate of drug-likeness (QED) is 0.193. The zero-order valence-electron chi connectivity index (χ0n) is 31.3. The van der Waals surface area contributed by atoms with E-state index < -0.39 is 11.9 Å². The van der Waals surface area contributed by atoms with Crippen LogP contribution in [0.1, 0.15) is 122 Å². The maximum absolute atomic E-state index is 13.9.